The van der Waals surface area contributed by atoms with E-state index in [2.05, 4.69) is 54.4 Å². The van der Waals surface area contributed by atoms with E-state index in [1.165, 1.54) is 29.5 Å². The zero-order valence-corrected chi connectivity index (χ0v) is 21.1. The predicted molar refractivity (Wildman–Crippen MR) is 137 cm³/mol. The summed E-state index contributed by atoms with van der Waals surface area (Å²) in [6.07, 6.45) is 3.53. The summed E-state index contributed by atoms with van der Waals surface area (Å²) in [7, 11) is -2.90. The maximum Gasteiger partial charge on any atom is 0.213 e. The molecule has 2 aliphatic carbocycles. The highest BCUT2D eigenvalue weighted by Crippen LogP contribution is 2.56. The second-order valence-corrected chi connectivity index (χ2v) is 12.6. The number of nitrogens with zero attached hydrogens (tertiary/aromatic N) is 1. The average molecular weight is 490 g/mol. The van der Waals surface area contributed by atoms with Gasteiger partial charge in [-0.15, -0.1) is 0 Å². The quantitative estimate of drug-likeness (QED) is 0.454. The van der Waals surface area contributed by atoms with Crippen LogP contribution < -0.4 is 9.47 Å². The van der Waals surface area contributed by atoms with E-state index >= 15 is 0 Å². The Balaban J connectivity index is 1.15. The number of aryl methyl sites for hydroxylation is 1. The summed E-state index contributed by atoms with van der Waals surface area (Å²) in [4.78, 5) is 4.68. The Kier molecular flexibility index (Phi) is 5.59. The minimum absolute atomic E-state index is 0.0940. The van der Waals surface area contributed by atoms with Crippen molar-refractivity contribution in [1.82, 2.24) is 4.98 Å². The number of sulfone groups is 1. The molecule has 6 rings (SSSR count). The molecule has 2 atom stereocenters. The van der Waals surface area contributed by atoms with Crippen molar-refractivity contribution in [1.29, 1.82) is 0 Å². The van der Waals surface area contributed by atoms with Crippen molar-refractivity contribution in [3.8, 4) is 22.8 Å². The molecule has 182 valence electrons. The third kappa shape index (κ3) is 4.56. The van der Waals surface area contributed by atoms with Crippen LogP contribution >= 0.6 is 0 Å². The first-order valence-corrected chi connectivity index (χ1v) is 14.4. The average Bonchev–Trinajstić information content (AvgIpc) is 3.51. The molecule has 3 aliphatic rings. The second kappa shape index (κ2) is 8.66. The zero-order valence-electron chi connectivity index (χ0n) is 20.3. The monoisotopic (exact) mass is 489 g/mol. The number of aromatic nitrogens is 1. The van der Waals surface area contributed by atoms with Gasteiger partial charge in [0.25, 0.3) is 0 Å². The van der Waals surface area contributed by atoms with Gasteiger partial charge >= 0.3 is 0 Å². The summed E-state index contributed by atoms with van der Waals surface area (Å²) in [5.74, 6) is 3.58. The number of hydrogen-bond donors (Lipinski definition) is 0. The number of ether oxygens (including phenoxy) is 2. The summed E-state index contributed by atoms with van der Waals surface area (Å²) in [5.41, 5.74) is 8.45. The molecule has 5 nitrogen and oxygen atoms in total. The van der Waals surface area contributed by atoms with Gasteiger partial charge in [-0.05, 0) is 97.4 Å². The van der Waals surface area contributed by atoms with Crippen LogP contribution in [0.2, 0.25) is 0 Å². The van der Waals surface area contributed by atoms with E-state index in [0.29, 0.717) is 25.3 Å². The molecule has 1 saturated heterocycles. The Morgan fingerprint density at radius 1 is 1.00 bits per heavy atom. The van der Waals surface area contributed by atoms with Crippen LogP contribution in [0, 0.1) is 19.8 Å². The maximum absolute atomic E-state index is 11.7. The second-order valence-electron chi connectivity index (χ2n) is 10.3. The highest BCUT2D eigenvalue weighted by atomic mass is 32.2. The lowest BCUT2D eigenvalue weighted by Crippen LogP contribution is -2.30. The van der Waals surface area contributed by atoms with Gasteiger partial charge in [0.2, 0.25) is 5.88 Å². The minimum atomic E-state index is -2.90. The van der Waals surface area contributed by atoms with E-state index < -0.39 is 9.84 Å². The van der Waals surface area contributed by atoms with Crippen molar-refractivity contribution in [3.05, 3.63) is 76.5 Å². The standard InChI is InChI=1S/C29H31NO4S/c1-18-20(17-33-24-6-7-27-21(15-24)14-22-16-28(22)27)4-3-5-25(18)26-8-9-29(30-19(26)2)34-23-10-12-35(31,32)13-11-23/h3-9,15,22-23,28H,10-14,16-17H2,1-2H3. The largest absolute Gasteiger partial charge is 0.489 e. The molecular weight excluding hydrogens is 458 g/mol. The van der Waals surface area contributed by atoms with Crippen molar-refractivity contribution < 1.29 is 17.9 Å². The van der Waals surface area contributed by atoms with Crippen LogP contribution in [0.3, 0.4) is 0 Å². The molecule has 0 N–H and O–H groups in total. The first-order chi connectivity index (χ1) is 16.9. The zero-order chi connectivity index (χ0) is 24.2. The van der Waals surface area contributed by atoms with Gasteiger partial charge in [0.1, 0.15) is 18.5 Å². The smallest absolute Gasteiger partial charge is 0.213 e. The minimum Gasteiger partial charge on any atom is -0.489 e. The first-order valence-electron chi connectivity index (χ1n) is 12.6. The highest BCUT2D eigenvalue weighted by Gasteiger charge is 2.44. The van der Waals surface area contributed by atoms with Crippen molar-refractivity contribution in [2.75, 3.05) is 11.5 Å². The summed E-state index contributed by atoms with van der Waals surface area (Å²) in [6, 6.07) is 16.9. The first kappa shape index (κ1) is 22.6. The van der Waals surface area contributed by atoms with Crippen LogP contribution in [-0.4, -0.2) is 31.0 Å². The summed E-state index contributed by atoms with van der Waals surface area (Å²) in [5, 5.41) is 0. The van der Waals surface area contributed by atoms with Crippen molar-refractivity contribution in [3.63, 3.8) is 0 Å². The maximum atomic E-state index is 11.7. The predicted octanol–water partition coefficient (Wildman–Crippen LogP) is 5.56. The van der Waals surface area contributed by atoms with E-state index in [1.807, 2.05) is 13.0 Å². The van der Waals surface area contributed by atoms with Gasteiger partial charge in [-0.3, -0.25) is 0 Å². The molecule has 3 aromatic rings. The van der Waals surface area contributed by atoms with Crippen LogP contribution in [0.4, 0.5) is 0 Å². The van der Waals surface area contributed by atoms with Crippen molar-refractivity contribution in [2.24, 2.45) is 5.92 Å². The van der Waals surface area contributed by atoms with Crippen LogP contribution in [0.5, 0.6) is 11.6 Å². The molecule has 0 radical (unpaired) electrons. The lowest BCUT2D eigenvalue weighted by atomic mass is 9.96. The Labute approximate surface area is 207 Å². The van der Waals surface area contributed by atoms with Gasteiger partial charge in [-0.1, -0.05) is 24.3 Å². The van der Waals surface area contributed by atoms with Gasteiger partial charge in [-0.2, -0.15) is 0 Å². The normalized spacial score (nSPS) is 22.3. The van der Waals surface area contributed by atoms with Gasteiger partial charge in [0.05, 0.1) is 11.5 Å². The molecular formula is C29H31NO4S. The molecule has 0 amide bonds. The van der Waals surface area contributed by atoms with E-state index in [4.69, 9.17) is 9.47 Å². The summed E-state index contributed by atoms with van der Waals surface area (Å²) < 4.78 is 35.6. The number of rotatable bonds is 6. The van der Waals surface area contributed by atoms with E-state index in [1.54, 1.807) is 0 Å². The van der Waals surface area contributed by atoms with Crippen molar-refractivity contribution in [2.45, 2.75) is 58.2 Å². The van der Waals surface area contributed by atoms with E-state index in [9.17, 15) is 8.42 Å². The van der Waals surface area contributed by atoms with Crippen LogP contribution in [-0.2, 0) is 22.9 Å². The van der Waals surface area contributed by atoms with Crippen molar-refractivity contribution >= 4 is 9.84 Å². The van der Waals surface area contributed by atoms with Crippen LogP contribution in [0.15, 0.2) is 48.5 Å². The molecule has 0 bridgehead atoms. The fourth-order valence-electron chi connectivity index (χ4n) is 5.69. The van der Waals surface area contributed by atoms with E-state index in [0.717, 1.165) is 40.0 Å². The lowest BCUT2D eigenvalue weighted by Gasteiger charge is -2.23. The Hall–Kier alpha value is -2.86. The Bertz CT molecular complexity index is 1380. The van der Waals surface area contributed by atoms with E-state index in [-0.39, 0.29) is 17.6 Å². The molecule has 6 heteroatoms. The third-order valence-corrected chi connectivity index (χ3v) is 9.61. The molecule has 2 unspecified atom stereocenters. The molecule has 2 aromatic carbocycles. The van der Waals surface area contributed by atoms with Gasteiger partial charge in [0, 0.05) is 17.3 Å². The highest BCUT2D eigenvalue weighted by molar-refractivity contribution is 7.91. The number of fused-ring (bicyclic) bond motifs is 3. The van der Waals surface area contributed by atoms with Gasteiger partial charge in [-0.25, -0.2) is 13.4 Å². The SMILES string of the molecule is Cc1nc(OC2CCS(=O)(=O)CC2)ccc1-c1cccc(COc2ccc3c(c2)CC2CC32)c1C. The topological polar surface area (TPSA) is 65.5 Å². The fraction of sp³-hybridized carbons (Fsp3) is 0.414. The fourth-order valence-corrected chi connectivity index (χ4v) is 7.13. The van der Waals surface area contributed by atoms with Gasteiger partial charge < -0.3 is 9.47 Å². The molecule has 2 heterocycles. The summed E-state index contributed by atoms with van der Waals surface area (Å²) in [6.45, 7) is 4.66. The number of pyridine rings is 1. The molecule has 35 heavy (non-hydrogen) atoms. The van der Waals surface area contributed by atoms with Crippen LogP contribution in [0.25, 0.3) is 11.1 Å². The summed E-state index contributed by atoms with van der Waals surface area (Å²) >= 11 is 0. The third-order valence-electron chi connectivity index (χ3n) is 7.90. The molecule has 0 spiro atoms. The molecule has 1 aliphatic heterocycles. The molecule has 1 aromatic heterocycles. The number of hydrogen-bond acceptors (Lipinski definition) is 5. The number of benzene rings is 2. The lowest BCUT2D eigenvalue weighted by molar-refractivity contribution is 0.181. The molecule has 2 fully saturated rings. The van der Waals surface area contributed by atoms with Crippen LogP contribution in [0.1, 0.15) is 53.1 Å². The van der Waals surface area contributed by atoms with Gasteiger partial charge in [0.15, 0.2) is 9.84 Å². The molecule has 1 saturated carbocycles. The Morgan fingerprint density at radius 2 is 1.83 bits per heavy atom. The Morgan fingerprint density at radius 3 is 2.63 bits per heavy atom.